The van der Waals surface area contributed by atoms with Gasteiger partial charge >= 0.3 is 0 Å². The summed E-state index contributed by atoms with van der Waals surface area (Å²) in [6.45, 7) is 0.401. The smallest absolute Gasteiger partial charge is 0.161 e. The Hall–Kier alpha value is -1.42. The molecule has 64 valence electrons. The number of fused-ring (bicyclic) bond motifs is 1. The van der Waals surface area contributed by atoms with Crippen LogP contribution in [0.3, 0.4) is 0 Å². The van der Waals surface area contributed by atoms with Crippen molar-refractivity contribution in [3.8, 4) is 17.2 Å². The molecule has 0 spiro atoms. The van der Waals surface area contributed by atoms with E-state index in [0.717, 1.165) is 5.56 Å². The summed E-state index contributed by atoms with van der Waals surface area (Å²) < 4.78 is 5.15. The Bertz CT molecular complexity index is 324. The predicted molar refractivity (Wildman–Crippen MR) is 42.2 cm³/mol. The van der Waals surface area contributed by atoms with Crippen LogP contribution in [-0.4, -0.2) is 16.8 Å². The average molecular weight is 167 g/mol. The van der Waals surface area contributed by atoms with Crippen molar-refractivity contribution < 1.29 is 14.9 Å². The van der Waals surface area contributed by atoms with Crippen LogP contribution >= 0.6 is 0 Å². The number of hydrogen-bond donors (Lipinski definition) is 3. The Morgan fingerprint density at radius 2 is 2.00 bits per heavy atom. The lowest BCUT2D eigenvalue weighted by Crippen LogP contribution is -2.10. The van der Waals surface area contributed by atoms with Gasteiger partial charge in [-0.25, -0.2) is 0 Å². The van der Waals surface area contributed by atoms with E-state index >= 15 is 0 Å². The Morgan fingerprint density at radius 3 is 2.75 bits per heavy atom. The molecule has 0 aromatic heterocycles. The number of ether oxygens (including phenoxy) is 1. The first-order valence-electron chi connectivity index (χ1n) is 3.62. The number of rotatable bonds is 0. The Balaban J connectivity index is 2.56. The molecule has 4 nitrogen and oxygen atoms in total. The van der Waals surface area contributed by atoms with Gasteiger partial charge in [0, 0.05) is 11.6 Å². The molecule has 4 N–H and O–H groups in total. The van der Waals surface area contributed by atoms with Crippen LogP contribution in [0.4, 0.5) is 0 Å². The van der Waals surface area contributed by atoms with Gasteiger partial charge in [0.25, 0.3) is 0 Å². The molecule has 1 atom stereocenters. The lowest BCUT2D eigenvalue weighted by atomic mass is 10.1. The zero-order valence-electron chi connectivity index (χ0n) is 6.32. The monoisotopic (exact) mass is 167 g/mol. The van der Waals surface area contributed by atoms with Gasteiger partial charge in [0.15, 0.2) is 11.5 Å². The van der Waals surface area contributed by atoms with Gasteiger partial charge in [0.05, 0.1) is 6.04 Å². The van der Waals surface area contributed by atoms with Gasteiger partial charge in [-0.3, -0.25) is 0 Å². The summed E-state index contributed by atoms with van der Waals surface area (Å²) in [5.41, 5.74) is 6.39. The van der Waals surface area contributed by atoms with E-state index in [4.69, 9.17) is 20.7 Å². The molecule has 0 radical (unpaired) electrons. The number of nitrogens with two attached hydrogens (primary N) is 1. The van der Waals surface area contributed by atoms with Crippen LogP contribution in [0.15, 0.2) is 12.1 Å². The fourth-order valence-corrected chi connectivity index (χ4v) is 1.26. The maximum Gasteiger partial charge on any atom is 0.161 e. The molecule has 0 saturated carbocycles. The summed E-state index contributed by atoms with van der Waals surface area (Å²) in [7, 11) is 0. The van der Waals surface area contributed by atoms with Gasteiger partial charge in [0.2, 0.25) is 0 Å². The summed E-state index contributed by atoms with van der Waals surface area (Å²) in [6, 6.07) is 2.60. The number of phenolic OH excluding ortho intramolecular Hbond substituents is 2. The lowest BCUT2D eigenvalue weighted by molar-refractivity contribution is 0.331. The Labute approximate surface area is 69.2 Å². The second kappa shape index (κ2) is 2.28. The maximum atomic E-state index is 9.14. The highest BCUT2D eigenvalue weighted by molar-refractivity contribution is 5.51. The van der Waals surface area contributed by atoms with Gasteiger partial charge < -0.3 is 20.7 Å². The summed E-state index contributed by atoms with van der Waals surface area (Å²) in [6.07, 6.45) is 0. The molecule has 0 amide bonds. The Morgan fingerprint density at radius 1 is 1.33 bits per heavy atom. The molecule has 1 aliphatic rings. The third-order valence-electron chi connectivity index (χ3n) is 1.92. The molecule has 0 fully saturated rings. The quantitative estimate of drug-likeness (QED) is 0.491. The fraction of sp³-hybridized carbons (Fsp3) is 0.250. The third kappa shape index (κ3) is 0.887. The molecule has 0 bridgehead atoms. The van der Waals surface area contributed by atoms with E-state index in [2.05, 4.69) is 0 Å². The molecule has 12 heavy (non-hydrogen) atoms. The summed E-state index contributed by atoms with van der Waals surface area (Å²) in [4.78, 5) is 0. The van der Waals surface area contributed by atoms with Gasteiger partial charge in [-0.2, -0.15) is 0 Å². The minimum Gasteiger partial charge on any atom is -0.504 e. The molecular weight excluding hydrogens is 158 g/mol. The largest absolute Gasteiger partial charge is 0.504 e. The highest BCUT2D eigenvalue weighted by atomic mass is 16.5. The van der Waals surface area contributed by atoms with Crippen LogP contribution < -0.4 is 10.5 Å². The van der Waals surface area contributed by atoms with Crippen molar-refractivity contribution in [2.45, 2.75) is 6.04 Å². The Kier molecular flexibility index (Phi) is 1.38. The van der Waals surface area contributed by atoms with E-state index in [0.29, 0.717) is 12.4 Å². The van der Waals surface area contributed by atoms with Gasteiger partial charge in [-0.1, -0.05) is 0 Å². The van der Waals surface area contributed by atoms with Crippen molar-refractivity contribution in [1.29, 1.82) is 0 Å². The molecule has 1 unspecified atom stereocenters. The van der Waals surface area contributed by atoms with Crippen LogP contribution in [0.5, 0.6) is 17.2 Å². The topological polar surface area (TPSA) is 75.7 Å². The van der Waals surface area contributed by atoms with Crippen molar-refractivity contribution >= 4 is 0 Å². The van der Waals surface area contributed by atoms with Crippen LogP contribution in [-0.2, 0) is 0 Å². The molecule has 0 saturated heterocycles. The van der Waals surface area contributed by atoms with E-state index in [1.807, 2.05) is 0 Å². The van der Waals surface area contributed by atoms with Crippen LogP contribution in [0, 0.1) is 0 Å². The van der Waals surface area contributed by atoms with E-state index in [9.17, 15) is 0 Å². The summed E-state index contributed by atoms with van der Waals surface area (Å²) in [5, 5.41) is 18.2. The first-order valence-corrected chi connectivity index (χ1v) is 3.62. The third-order valence-corrected chi connectivity index (χ3v) is 1.92. The number of aromatic hydroxyl groups is 2. The van der Waals surface area contributed by atoms with Crippen molar-refractivity contribution in [2.24, 2.45) is 5.73 Å². The van der Waals surface area contributed by atoms with Crippen molar-refractivity contribution in [3.63, 3.8) is 0 Å². The average Bonchev–Trinajstić information content (AvgIpc) is 2.35. The van der Waals surface area contributed by atoms with Crippen LogP contribution in [0.25, 0.3) is 0 Å². The van der Waals surface area contributed by atoms with Crippen LogP contribution in [0.1, 0.15) is 11.6 Å². The molecule has 1 aromatic carbocycles. The van der Waals surface area contributed by atoms with Crippen molar-refractivity contribution in [3.05, 3.63) is 17.7 Å². The predicted octanol–water partition coefficient (Wildman–Crippen LogP) is 0.490. The van der Waals surface area contributed by atoms with E-state index < -0.39 is 0 Å². The molecule has 4 heteroatoms. The normalized spacial score (nSPS) is 20.2. The second-order valence-corrected chi connectivity index (χ2v) is 2.80. The minimum atomic E-state index is -0.202. The van der Waals surface area contributed by atoms with Gasteiger partial charge in [-0.15, -0.1) is 0 Å². The number of benzene rings is 1. The fourth-order valence-electron chi connectivity index (χ4n) is 1.26. The molecule has 1 aromatic rings. The number of phenols is 2. The standard InChI is InChI=1S/C8H9NO3/c9-5-3-12-8-2-7(11)6(10)1-4(5)8/h1-2,5,10-11H,3,9H2. The van der Waals surface area contributed by atoms with E-state index in [-0.39, 0.29) is 17.5 Å². The lowest BCUT2D eigenvalue weighted by Gasteiger charge is -2.02. The first kappa shape index (κ1) is 7.24. The molecular formula is C8H9NO3. The molecule has 1 heterocycles. The van der Waals surface area contributed by atoms with E-state index in [1.54, 1.807) is 0 Å². The highest BCUT2D eigenvalue weighted by Gasteiger charge is 2.22. The van der Waals surface area contributed by atoms with Gasteiger partial charge in [0.1, 0.15) is 12.4 Å². The van der Waals surface area contributed by atoms with Crippen LogP contribution in [0.2, 0.25) is 0 Å². The highest BCUT2D eigenvalue weighted by Crippen LogP contribution is 2.38. The molecule has 1 aliphatic heterocycles. The molecule has 2 rings (SSSR count). The SMILES string of the molecule is NC1COc2cc(O)c(O)cc21. The van der Waals surface area contributed by atoms with Crippen molar-refractivity contribution in [2.75, 3.05) is 6.61 Å². The number of hydrogen-bond acceptors (Lipinski definition) is 4. The maximum absolute atomic E-state index is 9.14. The first-order chi connectivity index (χ1) is 5.68. The van der Waals surface area contributed by atoms with Gasteiger partial charge in [-0.05, 0) is 6.07 Å². The summed E-state index contributed by atoms with van der Waals surface area (Å²) in [5.74, 6) is 0.218. The minimum absolute atomic E-state index is 0.158. The zero-order valence-corrected chi connectivity index (χ0v) is 6.32. The van der Waals surface area contributed by atoms with E-state index in [1.165, 1.54) is 12.1 Å². The summed E-state index contributed by atoms with van der Waals surface area (Å²) >= 11 is 0. The molecule has 0 aliphatic carbocycles. The van der Waals surface area contributed by atoms with Crippen molar-refractivity contribution in [1.82, 2.24) is 0 Å². The second-order valence-electron chi connectivity index (χ2n) is 2.80. The zero-order chi connectivity index (χ0) is 8.72.